The van der Waals surface area contributed by atoms with Gasteiger partial charge >= 0.3 is 6.03 Å². The van der Waals surface area contributed by atoms with Gasteiger partial charge in [-0.2, -0.15) is 0 Å². The van der Waals surface area contributed by atoms with Crippen molar-refractivity contribution in [3.8, 4) is 5.88 Å². The molecule has 0 bridgehead atoms. The van der Waals surface area contributed by atoms with Crippen molar-refractivity contribution in [2.75, 3.05) is 44.7 Å². The van der Waals surface area contributed by atoms with Gasteiger partial charge in [-0.1, -0.05) is 6.07 Å². The van der Waals surface area contributed by atoms with E-state index in [0.717, 1.165) is 30.2 Å². The zero-order valence-corrected chi connectivity index (χ0v) is 18.1. The Morgan fingerprint density at radius 1 is 1.00 bits per heavy atom. The fourth-order valence-electron chi connectivity index (χ4n) is 3.66. The van der Waals surface area contributed by atoms with Gasteiger partial charge in [0.1, 0.15) is 5.69 Å². The molecule has 7 nitrogen and oxygen atoms in total. The summed E-state index contributed by atoms with van der Waals surface area (Å²) in [6, 6.07) is 6.57. The number of aromatic nitrogens is 2. The van der Waals surface area contributed by atoms with Gasteiger partial charge in [-0.15, -0.1) is 0 Å². The van der Waals surface area contributed by atoms with Gasteiger partial charge < -0.3 is 19.9 Å². The van der Waals surface area contributed by atoms with Crippen LogP contribution in [0.4, 0.5) is 10.5 Å². The molecule has 0 spiro atoms. The Hall–Kier alpha value is -2.83. The molecule has 2 amide bonds. The monoisotopic (exact) mass is 397 g/mol. The van der Waals surface area contributed by atoms with Crippen LogP contribution in [0.15, 0.2) is 18.2 Å². The highest BCUT2D eigenvalue weighted by Gasteiger charge is 2.21. The fraction of sp³-hybridized carbons (Fsp3) is 0.500. The van der Waals surface area contributed by atoms with E-state index >= 15 is 0 Å². The predicted octanol–water partition coefficient (Wildman–Crippen LogP) is 2.79. The number of urea groups is 1. The molecule has 29 heavy (non-hydrogen) atoms. The fourth-order valence-corrected chi connectivity index (χ4v) is 3.66. The van der Waals surface area contributed by atoms with E-state index in [0.29, 0.717) is 31.9 Å². The highest BCUT2D eigenvalue weighted by atomic mass is 16.5. The lowest BCUT2D eigenvalue weighted by atomic mass is 10.1. The van der Waals surface area contributed by atoms with Gasteiger partial charge in [-0.05, 0) is 51.0 Å². The molecule has 1 aliphatic rings. The largest absolute Gasteiger partial charge is 0.480 e. The van der Waals surface area contributed by atoms with Crippen LogP contribution in [0.5, 0.6) is 5.88 Å². The van der Waals surface area contributed by atoms with Crippen molar-refractivity contribution in [3.05, 3.63) is 46.4 Å². The van der Waals surface area contributed by atoms with Crippen molar-refractivity contribution in [1.29, 1.82) is 0 Å². The Labute approximate surface area is 173 Å². The molecule has 0 radical (unpaired) electrons. The number of methoxy groups -OCH3 is 1. The number of nitrogens with one attached hydrogen (secondary N) is 1. The van der Waals surface area contributed by atoms with E-state index in [1.54, 1.807) is 7.11 Å². The first-order chi connectivity index (χ1) is 13.9. The quantitative estimate of drug-likeness (QED) is 0.840. The van der Waals surface area contributed by atoms with Gasteiger partial charge in [-0.25, -0.2) is 9.78 Å². The summed E-state index contributed by atoms with van der Waals surface area (Å²) in [5, 5.41) is 3.00. The number of hydrogen-bond acceptors (Lipinski definition) is 5. The van der Waals surface area contributed by atoms with Crippen molar-refractivity contribution in [3.63, 3.8) is 0 Å². The van der Waals surface area contributed by atoms with Crippen LogP contribution in [0.1, 0.15) is 28.2 Å². The lowest BCUT2D eigenvalue weighted by Gasteiger charge is -2.36. The minimum Gasteiger partial charge on any atom is -0.480 e. The summed E-state index contributed by atoms with van der Waals surface area (Å²) in [6.07, 6.45) is 0.589. The molecule has 0 saturated carbocycles. The number of anilines is 1. The summed E-state index contributed by atoms with van der Waals surface area (Å²) in [7, 11) is 1.59. The Bertz CT molecular complexity index is 855. The molecule has 1 saturated heterocycles. The molecule has 1 fully saturated rings. The molecule has 1 N–H and O–H groups in total. The number of carbonyl (C=O) groups excluding carboxylic acids is 1. The smallest absolute Gasteiger partial charge is 0.317 e. The Kier molecular flexibility index (Phi) is 6.56. The van der Waals surface area contributed by atoms with E-state index in [9.17, 15) is 4.79 Å². The summed E-state index contributed by atoms with van der Waals surface area (Å²) < 4.78 is 5.32. The second kappa shape index (κ2) is 9.11. The minimum absolute atomic E-state index is 0.0270. The van der Waals surface area contributed by atoms with Gasteiger partial charge in [0.2, 0.25) is 5.88 Å². The first-order valence-corrected chi connectivity index (χ1v) is 10.1. The van der Waals surface area contributed by atoms with Crippen LogP contribution in [0.2, 0.25) is 0 Å². The first kappa shape index (κ1) is 20.9. The van der Waals surface area contributed by atoms with Crippen LogP contribution in [0, 0.1) is 27.7 Å². The second-order valence-corrected chi connectivity index (χ2v) is 7.65. The number of benzene rings is 1. The van der Waals surface area contributed by atoms with E-state index in [1.165, 1.54) is 16.8 Å². The highest BCUT2D eigenvalue weighted by molar-refractivity contribution is 5.74. The van der Waals surface area contributed by atoms with Gasteiger partial charge in [0.05, 0.1) is 18.5 Å². The van der Waals surface area contributed by atoms with E-state index < -0.39 is 0 Å². The summed E-state index contributed by atoms with van der Waals surface area (Å²) in [5.41, 5.74) is 6.29. The zero-order chi connectivity index (χ0) is 21.0. The first-order valence-electron chi connectivity index (χ1n) is 10.1. The maximum absolute atomic E-state index is 12.5. The SMILES string of the molecule is COc1nc(C)c(C)nc1CCNC(=O)N1CCN(c2cc(C)cc(C)c2)CC1. The summed E-state index contributed by atoms with van der Waals surface area (Å²) in [6.45, 7) is 11.7. The number of ether oxygens (including phenoxy) is 1. The minimum atomic E-state index is -0.0270. The van der Waals surface area contributed by atoms with Crippen molar-refractivity contribution in [1.82, 2.24) is 20.2 Å². The van der Waals surface area contributed by atoms with E-state index in [4.69, 9.17) is 4.74 Å². The number of amides is 2. The molecule has 1 aliphatic heterocycles. The third-order valence-corrected chi connectivity index (χ3v) is 5.31. The van der Waals surface area contributed by atoms with Crippen molar-refractivity contribution < 1.29 is 9.53 Å². The zero-order valence-electron chi connectivity index (χ0n) is 18.1. The van der Waals surface area contributed by atoms with Crippen LogP contribution >= 0.6 is 0 Å². The number of piperazine rings is 1. The Morgan fingerprint density at radius 2 is 1.62 bits per heavy atom. The molecule has 2 heterocycles. The lowest BCUT2D eigenvalue weighted by Crippen LogP contribution is -2.52. The average Bonchev–Trinajstić information content (AvgIpc) is 2.69. The van der Waals surface area contributed by atoms with Gasteiger partial charge in [-0.3, -0.25) is 4.98 Å². The molecular weight excluding hydrogens is 366 g/mol. The third kappa shape index (κ3) is 5.16. The topological polar surface area (TPSA) is 70.6 Å². The van der Waals surface area contributed by atoms with Crippen molar-refractivity contribution >= 4 is 11.7 Å². The van der Waals surface area contributed by atoms with E-state index in [-0.39, 0.29) is 6.03 Å². The molecule has 0 unspecified atom stereocenters. The number of hydrogen-bond donors (Lipinski definition) is 1. The maximum atomic E-state index is 12.5. The standard InChI is InChI=1S/C22H31N5O2/c1-15-12-16(2)14-19(13-15)26-8-10-27(11-9-26)22(28)23-7-6-20-21(29-5)25-18(4)17(3)24-20/h12-14H,6-11H2,1-5H3,(H,23,28). The molecule has 156 valence electrons. The van der Waals surface area contributed by atoms with E-state index in [2.05, 4.69) is 52.2 Å². The summed E-state index contributed by atoms with van der Waals surface area (Å²) >= 11 is 0. The normalized spacial score (nSPS) is 14.1. The van der Waals surface area contributed by atoms with Crippen molar-refractivity contribution in [2.45, 2.75) is 34.1 Å². The number of nitrogens with zero attached hydrogens (tertiary/aromatic N) is 4. The van der Waals surface area contributed by atoms with Gasteiger partial charge in [0, 0.05) is 44.8 Å². The van der Waals surface area contributed by atoms with E-state index in [1.807, 2.05) is 18.7 Å². The molecule has 0 atom stereocenters. The molecule has 1 aromatic carbocycles. The number of rotatable bonds is 5. The molecule has 0 aliphatic carbocycles. The van der Waals surface area contributed by atoms with Crippen molar-refractivity contribution in [2.24, 2.45) is 0 Å². The highest BCUT2D eigenvalue weighted by Crippen LogP contribution is 2.20. The van der Waals surface area contributed by atoms with Crippen LogP contribution in [0.3, 0.4) is 0 Å². The predicted molar refractivity (Wildman–Crippen MR) is 115 cm³/mol. The summed E-state index contributed by atoms with van der Waals surface area (Å²) in [5.74, 6) is 0.532. The molecule has 7 heteroatoms. The Morgan fingerprint density at radius 3 is 2.24 bits per heavy atom. The van der Waals surface area contributed by atoms with Crippen LogP contribution in [-0.4, -0.2) is 60.7 Å². The number of carbonyl (C=O) groups is 1. The number of aryl methyl sites for hydroxylation is 4. The molecule has 2 aromatic rings. The second-order valence-electron chi connectivity index (χ2n) is 7.65. The molecule has 3 rings (SSSR count). The van der Waals surface area contributed by atoms with Gasteiger partial charge in [0.25, 0.3) is 0 Å². The third-order valence-electron chi connectivity index (χ3n) is 5.31. The Balaban J connectivity index is 1.50. The molecule has 1 aromatic heterocycles. The maximum Gasteiger partial charge on any atom is 0.317 e. The van der Waals surface area contributed by atoms with Crippen LogP contribution in [0.25, 0.3) is 0 Å². The average molecular weight is 398 g/mol. The summed E-state index contributed by atoms with van der Waals surface area (Å²) in [4.78, 5) is 25.7. The lowest BCUT2D eigenvalue weighted by molar-refractivity contribution is 0.194. The van der Waals surface area contributed by atoms with Gasteiger partial charge in [0.15, 0.2) is 0 Å². The van der Waals surface area contributed by atoms with Crippen LogP contribution < -0.4 is 15.0 Å². The van der Waals surface area contributed by atoms with Crippen LogP contribution in [-0.2, 0) is 6.42 Å². The molecular formula is C22H31N5O2.